The standard InChI is InChI=1S/C24H29N3O3/c1-3-4-13-26-17-18(16-23(26)28)24-25-19-9-5-6-10-20(19)27(24)14-15-30-22-12-8-7-11-21(22)29-2/h5-12,18H,3-4,13-17H2,1-2H3. The van der Waals surface area contributed by atoms with Crippen molar-refractivity contribution in [3.63, 3.8) is 0 Å². The van der Waals surface area contributed by atoms with Crippen LogP contribution in [0.15, 0.2) is 48.5 Å². The molecule has 3 aromatic rings. The molecule has 0 saturated carbocycles. The number of benzene rings is 2. The van der Waals surface area contributed by atoms with Crippen molar-refractivity contribution in [3.05, 3.63) is 54.4 Å². The van der Waals surface area contributed by atoms with Gasteiger partial charge in [0.2, 0.25) is 5.91 Å². The van der Waals surface area contributed by atoms with E-state index in [2.05, 4.69) is 17.6 Å². The molecule has 1 saturated heterocycles. The lowest BCUT2D eigenvalue weighted by atomic mass is 10.1. The summed E-state index contributed by atoms with van der Waals surface area (Å²) in [6.45, 7) is 4.89. The second-order valence-corrected chi connectivity index (χ2v) is 7.70. The van der Waals surface area contributed by atoms with E-state index >= 15 is 0 Å². The highest BCUT2D eigenvalue weighted by Crippen LogP contribution is 2.31. The van der Waals surface area contributed by atoms with Gasteiger partial charge in [0.15, 0.2) is 11.5 Å². The van der Waals surface area contributed by atoms with Crippen LogP contribution in [-0.4, -0.2) is 47.2 Å². The molecule has 158 valence electrons. The van der Waals surface area contributed by atoms with Crippen molar-refractivity contribution >= 4 is 16.9 Å². The Labute approximate surface area is 177 Å². The number of hydrogen-bond donors (Lipinski definition) is 0. The summed E-state index contributed by atoms with van der Waals surface area (Å²) in [5, 5.41) is 0. The maximum Gasteiger partial charge on any atom is 0.223 e. The minimum atomic E-state index is 0.119. The summed E-state index contributed by atoms with van der Waals surface area (Å²) in [5.41, 5.74) is 2.04. The zero-order chi connectivity index (χ0) is 20.9. The van der Waals surface area contributed by atoms with Gasteiger partial charge in [0.05, 0.1) is 24.7 Å². The molecule has 1 fully saturated rings. The number of hydrogen-bond acceptors (Lipinski definition) is 4. The van der Waals surface area contributed by atoms with Crippen LogP contribution in [0.3, 0.4) is 0 Å². The molecule has 1 atom stereocenters. The molecular weight excluding hydrogens is 378 g/mol. The molecular formula is C24H29N3O3. The van der Waals surface area contributed by atoms with Gasteiger partial charge in [-0.2, -0.15) is 0 Å². The molecule has 1 unspecified atom stereocenters. The molecule has 1 amide bonds. The Kier molecular flexibility index (Phi) is 6.21. The number of para-hydroxylation sites is 4. The summed E-state index contributed by atoms with van der Waals surface area (Å²) >= 11 is 0. The summed E-state index contributed by atoms with van der Waals surface area (Å²) in [5.74, 6) is 2.78. The first-order valence-corrected chi connectivity index (χ1v) is 10.7. The third-order valence-electron chi connectivity index (χ3n) is 5.69. The Hall–Kier alpha value is -3.02. The van der Waals surface area contributed by atoms with Crippen LogP contribution in [0.5, 0.6) is 11.5 Å². The first-order chi connectivity index (χ1) is 14.7. The van der Waals surface area contributed by atoms with Gasteiger partial charge in [-0.25, -0.2) is 4.98 Å². The molecule has 0 bridgehead atoms. The average Bonchev–Trinajstić information content (AvgIpc) is 3.33. The topological polar surface area (TPSA) is 56.6 Å². The van der Waals surface area contributed by atoms with Gasteiger partial charge in [0.1, 0.15) is 12.4 Å². The van der Waals surface area contributed by atoms with E-state index in [-0.39, 0.29) is 11.8 Å². The van der Waals surface area contributed by atoms with E-state index in [0.29, 0.717) is 19.6 Å². The largest absolute Gasteiger partial charge is 0.493 e. The fourth-order valence-corrected chi connectivity index (χ4v) is 4.14. The van der Waals surface area contributed by atoms with E-state index in [1.165, 1.54) is 0 Å². The van der Waals surface area contributed by atoms with Crippen molar-refractivity contribution in [1.82, 2.24) is 14.5 Å². The first kappa shape index (κ1) is 20.3. The van der Waals surface area contributed by atoms with E-state index in [4.69, 9.17) is 14.5 Å². The number of carbonyl (C=O) groups is 1. The monoisotopic (exact) mass is 407 g/mol. The summed E-state index contributed by atoms with van der Waals surface area (Å²) in [6.07, 6.45) is 2.66. The first-order valence-electron chi connectivity index (χ1n) is 10.7. The molecule has 6 nitrogen and oxygen atoms in total. The summed E-state index contributed by atoms with van der Waals surface area (Å²) in [6, 6.07) is 15.8. The van der Waals surface area contributed by atoms with Crippen molar-refractivity contribution in [1.29, 1.82) is 0 Å². The van der Waals surface area contributed by atoms with Gasteiger partial charge in [0.25, 0.3) is 0 Å². The fraction of sp³-hybridized carbons (Fsp3) is 0.417. The van der Waals surface area contributed by atoms with Gasteiger partial charge in [-0.1, -0.05) is 37.6 Å². The number of unbranched alkanes of at least 4 members (excludes halogenated alkanes) is 1. The van der Waals surface area contributed by atoms with Crippen LogP contribution >= 0.6 is 0 Å². The molecule has 0 spiro atoms. The maximum absolute atomic E-state index is 12.5. The second kappa shape index (κ2) is 9.20. The van der Waals surface area contributed by atoms with E-state index < -0.39 is 0 Å². The smallest absolute Gasteiger partial charge is 0.223 e. The lowest BCUT2D eigenvalue weighted by Gasteiger charge is -2.17. The summed E-state index contributed by atoms with van der Waals surface area (Å²) in [7, 11) is 1.64. The number of ether oxygens (including phenoxy) is 2. The number of amides is 1. The number of nitrogens with zero attached hydrogens (tertiary/aromatic N) is 3. The number of aromatic nitrogens is 2. The van der Waals surface area contributed by atoms with Gasteiger partial charge >= 0.3 is 0 Å². The van der Waals surface area contributed by atoms with Gasteiger partial charge < -0.3 is 18.9 Å². The average molecular weight is 408 g/mol. The SMILES string of the molecule is CCCCN1CC(c2nc3ccccc3n2CCOc2ccccc2OC)CC1=O. The highest BCUT2D eigenvalue weighted by atomic mass is 16.5. The third kappa shape index (κ3) is 4.13. The lowest BCUT2D eigenvalue weighted by molar-refractivity contribution is -0.127. The van der Waals surface area contributed by atoms with Crippen LogP contribution in [-0.2, 0) is 11.3 Å². The van der Waals surface area contributed by atoms with Gasteiger partial charge in [-0.05, 0) is 30.7 Å². The van der Waals surface area contributed by atoms with Crippen LogP contribution in [0.25, 0.3) is 11.0 Å². The fourth-order valence-electron chi connectivity index (χ4n) is 4.14. The highest BCUT2D eigenvalue weighted by Gasteiger charge is 2.33. The molecule has 4 rings (SSSR count). The maximum atomic E-state index is 12.5. The predicted octanol–water partition coefficient (Wildman–Crippen LogP) is 4.24. The van der Waals surface area contributed by atoms with E-state index in [9.17, 15) is 4.79 Å². The molecule has 1 aliphatic heterocycles. The van der Waals surface area contributed by atoms with Gasteiger partial charge in [0, 0.05) is 25.4 Å². The minimum Gasteiger partial charge on any atom is -0.493 e. The molecule has 2 aromatic carbocycles. The van der Waals surface area contributed by atoms with Crippen molar-refractivity contribution in [2.24, 2.45) is 0 Å². The second-order valence-electron chi connectivity index (χ2n) is 7.70. The van der Waals surface area contributed by atoms with Crippen molar-refractivity contribution in [3.8, 4) is 11.5 Å². The van der Waals surface area contributed by atoms with E-state index in [1.54, 1.807) is 7.11 Å². The van der Waals surface area contributed by atoms with Crippen LogP contribution in [0, 0.1) is 0 Å². The Balaban J connectivity index is 1.54. The number of imidazole rings is 1. The number of methoxy groups -OCH3 is 1. The van der Waals surface area contributed by atoms with Gasteiger partial charge in [-0.15, -0.1) is 0 Å². The van der Waals surface area contributed by atoms with Gasteiger partial charge in [-0.3, -0.25) is 4.79 Å². The van der Waals surface area contributed by atoms with Crippen LogP contribution < -0.4 is 9.47 Å². The number of fused-ring (bicyclic) bond motifs is 1. The number of rotatable bonds is 9. The van der Waals surface area contributed by atoms with Crippen molar-refractivity contribution < 1.29 is 14.3 Å². The quantitative estimate of drug-likeness (QED) is 0.532. The Morgan fingerprint density at radius 2 is 1.83 bits per heavy atom. The Morgan fingerprint density at radius 1 is 1.07 bits per heavy atom. The molecule has 0 N–H and O–H groups in total. The minimum absolute atomic E-state index is 0.119. The number of likely N-dealkylation sites (tertiary alicyclic amines) is 1. The molecule has 30 heavy (non-hydrogen) atoms. The molecule has 2 heterocycles. The molecule has 1 aromatic heterocycles. The highest BCUT2D eigenvalue weighted by molar-refractivity contribution is 5.80. The zero-order valence-electron chi connectivity index (χ0n) is 17.7. The Bertz CT molecular complexity index is 1010. The van der Waals surface area contributed by atoms with E-state index in [0.717, 1.165) is 54.3 Å². The summed E-state index contributed by atoms with van der Waals surface area (Å²) in [4.78, 5) is 19.4. The normalized spacial score (nSPS) is 16.4. The zero-order valence-corrected chi connectivity index (χ0v) is 17.7. The Morgan fingerprint density at radius 3 is 2.63 bits per heavy atom. The van der Waals surface area contributed by atoms with Crippen LogP contribution in [0.4, 0.5) is 0 Å². The lowest BCUT2D eigenvalue weighted by Crippen LogP contribution is -2.26. The van der Waals surface area contributed by atoms with E-state index in [1.807, 2.05) is 47.4 Å². The van der Waals surface area contributed by atoms with Crippen LogP contribution in [0.2, 0.25) is 0 Å². The van der Waals surface area contributed by atoms with Crippen LogP contribution in [0.1, 0.15) is 37.9 Å². The van der Waals surface area contributed by atoms with Crippen molar-refractivity contribution in [2.75, 3.05) is 26.8 Å². The third-order valence-corrected chi connectivity index (χ3v) is 5.69. The molecule has 0 radical (unpaired) electrons. The molecule has 0 aliphatic carbocycles. The molecule has 6 heteroatoms. The molecule has 1 aliphatic rings. The predicted molar refractivity (Wildman–Crippen MR) is 117 cm³/mol. The van der Waals surface area contributed by atoms with Crippen molar-refractivity contribution in [2.45, 2.75) is 38.6 Å². The summed E-state index contributed by atoms with van der Waals surface area (Å²) < 4.78 is 13.6. The number of carbonyl (C=O) groups excluding carboxylic acids is 1.